The Morgan fingerprint density at radius 2 is 1.78 bits per heavy atom. The first-order chi connectivity index (χ1) is 26.0. The lowest BCUT2D eigenvalue weighted by atomic mass is 9.65. The summed E-state index contributed by atoms with van der Waals surface area (Å²) in [5, 5.41) is 18.2. The number of nitrogens with zero attached hydrogens (tertiary/aromatic N) is 1. The Morgan fingerprint density at radius 1 is 1.00 bits per heavy atom. The summed E-state index contributed by atoms with van der Waals surface area (Å²) in [5.41, 5.74) is 2.00. The summed E-state index contributed by atoms with van der Waals surface area (Å²) in [7, 11) is 0. The Labute approximate surface area is 314 Å². The third-order valence-electron chi connectivity index (χ3n) is 10.8. The van der Waals surface area contributed by atoms with Gasteiger partial charge in [-0.25, -0.2) is 4.79 Å². The zero-order valence-corrected chi connectivity index (χ0v) is 30.8. The van der Waals surface area contributed by atoms with Crippen LogP contribution in [0, 0.1) is 23.7 Å². The van der Waals surface area contributed by atoms with Gasteiger partial charge in [-0.1, -0.05) is 38.1 Å². The number of cyclic esters (lactones) is 1. The van der Waals surface area contributed by atoms with E-state index in [-0.39, 0.29) is 92.0 Å². The molecule has 8 atom stereocenters. The van der Waals surface area contributed by atoms with Crippen LogP contribution in [-0.2, 0) is 33.3 Å². The van der Waals surface area contributed by atoms with Crippen LogP contribution in [-0.4, -0.2) is 110 Å². The Morgan fingerprint density at radius 3 is 2.54 bits per heavy atom. The monoisotopic (exact) mass is 750 g/mol. The summed E-state index contributed by atoms with van der Waals surface area (Å²) >= 11 is 0. The molecule has 15 nitrogen and oxygen atoms in total. The maximum Gasteiger partial charge on any atom is 0.407 e. The van der Waals surface area contributed by atoms with E-state index in [1.54, 1.807) is 12.1 Å². The number of piperidine rings is 1. The number of aliphatic hydroxyl groups excluding tert-OH is 1. The summed E-state index contributed by atoms with van der Waals surface area (Å²) in [6.45, 7) is 6.01. The quantitative estimate of drug-likeness (QED) is 0.116. The minimum absolute atomic E-state index is 0.0253. The average molecular weight is 751 g/mol. The number of imide groups is 2. The minimum Gasteiger partial charge on any atom is -0.462 e. The number of amides is 5. The fraction of sp³-hybridized carbons (Fsp3) is 0.590. The molecule has 292 valence electrons. The number of ether oxygens (including phenoxy) is 4. The van der Waals surface area contributed by atoms with E-state index in [9.17, 15) is 33.9 Å². The van der Waals surface area contributed by atoms with Crippen molar-refractivity contribution in [2.24, 2.45) is 23.7 Å². The largest absolute Gasteiger partial charge is 0.462 e. The number of rotatable bonds is 15. The van der Waals surface area contributed by atoms with Gasteiger partial charge in [0.1, 0.15) is 18.2 Å². The summed E-state index contributed by atoms with van der Waals surface area (Å²) < 4.78 is 22.8. The Kier molecular flexibility index (Phi) is 12.8. The number of aliphatic hydroxyl groups is 1. The smallest absolute Gasteiger partial charge is 0.407 e. The summed E-state index contributed by atoms with van der Waals surface area (Å²) in [6, 6.07) is 3.84. The number of carbonyl (C=O) groups is 6. The first-order valence-electron chi connectivity index (χ1n) is 19.0. The standard InChI is InChI=1S/C39H50N4O11/c1-22-18-24-7-6-23(2)27(9-8-26-20-25(44)21-33(46)53-26)34(24)31(19-22)54-39(50)41-13-15-52-17-16-51-14-12-40-29-5-3-4-28-35(29)38(49)43(37(28)48)30-10-11-32(45)42-36(30)47/h3-7,18,22-23,25-27,30-31,34,40,44H,8-17,19-21H2,1-2H3,(H,41,50)(H,42,45,47)/t22-,23-,25-,26-,27-,30?,31-,34-/m1/s1. The number of hydrogen-bond donors (Lipinski definition) is 4. The molecule has 1 aromatic carbocycles. The number of esters is 1. The molecule has 15 heteroatoms. The average Bonchev–Trinajstić information content (AvgIpc) is 3.37. The zero-order valence-electron chi connectivity index (χ0n) is 30.8. The lowest BCUT2D eigenvalue weighted by molar-refractivity contribution is -0.160. The van der Waals surface area contributed by atoms with Gasteiger partial charge in [0.25, 0.3) is 11.8 Å². The van der Waals surface area contributed by atoms with Gasteiger partial charge in [0.15, 0.2) is 0 Å². The molecule has 2 fully saturated rings. The maximum atomic E-state index is 13.2. The van der Waals surface area contributed by atoms with Gasteiger partial charge in [0.05, 0.1) is 50.1 Å². The first-order valence-corrected chi connectivity index (χ1v) is 19.0. The SMILES string of the molecule is C[C@@H]1C=C2C=C[C@@H](C)[C@@H](CC[C@@H]3C[C@@H](O)CC(=O)O3)[C@@H]2[C@H](OC(=O)NCCOCCOCCNc2cccc3c2C(=O)N(C2CCC(=O)NC2=O)C3=O)C1. The summed E-state index contributed by atoms with van der Waals surface area (Å²) in [4.78, 5) is 75.9. The van der Waals surface area contributed by atoms with E-state index < -0.39 is 41.9 Å². The number of carbonyl (C=O) groups excluding carboxylic acids is 6. The van der Waals surface area contributed by atoms with Crippen LogP contribution in [0.5, 0.6) is 0 Å². The molecule has 0 bridgehead atoms. The number of allylic oxidation sites excluding steroid dienone is 3. The highest BCUT2D eigenvalue weighted by molar-refractivity contribution is 6.25. The number of fused-ring (bicyclic) bond motifs is 2. The second-order valence-electron chi connectivity index (χ2n) is 14.8. The highest BCUT2D eigenvalue weighted by atomic mass is 16.6. The topological polar surface area (TPSA) is 199 Å². The van der Waals surface area contributed by atoms with Crippen LogP contribution in [0.1, 0.15) is 79.5 Å². The summed E-state index contributed by atoms with van der Waals surface area (Å²) in [5.74, 6) is -1.88. The fourth-order valence-electron chi connectivity index (χ4n) is 8.28. The van der Waals surface area contributed by atoms with Crippen molar-refractivity contribution >= 4 is 41.4 Å². The lowest BCUT2D eigenvalue weighted by Gasteiger charge is -2.43. The predicted octanol–water partition coefficient (Wildman–Crippen LogP) is 2.88. The van der Waals surface area contributed by atoms with Crippen molar-refractivity contribution in [3.05, 3.63) is 53.1 Å². The van der Waals surface area contributed by atoms with Crippen LogP contribution in [0.25, 0.3) is 0 Å². The van der Waals surface area contributed by atoms with E-state index in [1.807, 2.05) is 0 Å². The van der Waals surface area contributed by atoms with Gasteiger partial charge in [-0.3, -0.25) is 34.2 Å². The van der Waals surface area contributed by atoms with E-state index >= 15 is 0 Å². The second-order valence-corrected chi connectivity index (χ2v) is 14.8. The fourth-order valence-corrected chi connectivity index (χ4v) is 8.28. The van der Waals surface area contributed by atoms with Crippen LogP contribution in [0.2, 0.25) is 0 Å². The molecular formula is C39H50N4O11. The Bertz CT molecular complexity index is 1680. The molecule has 5 amide bonds. The van der Waals surface area contributed by atoms with Crippen LogP contribution in [0.15, 0.2) is 42.0 Å². The van der Waals surface area contributed by atoms with Crippen molar-refractivity contribution < 1.29 is 52.8 Å². The molecule has 6 rings (SSSR count). The van der Waals surface area contributed by atoms with Crippen molar-refractivity contribution in [3.8, 4) is 0 Å². The van der Waals surface area contributed by atoms with E-state index in [2.05, 4.69) is 48.0 Å². The molecule has 1 unspecified atom stereocenters. The molecule has 5 aliphatic rings. The van der Waals surface area contributed by atoms with E-state index in [1.165, 1.54) is 11.6 Å². The van der Waals surface area contributed by atoms with Gasteiger partial charge >= 0.3 is 12.1 Å². The number of anilines is 1. The van der Waals surface area contributed by atoms with Gasteiger partial charge in [0, 0.05) is 37.5 Å². The third kappa shape index (κ3) is 9.19. The number of nitrogens with one attached hydrogen (secondary N) is 3. The molecule has 0 radical (unpaired) electrons. The predicted molar refractivity (Wildman–Crippen MR) is 193 cm³/mol. The van der Waals surface area contributed by atoms with Crippen LogP contribution < -0.4 is 16.0 Å². The Balaban J connectivity index is 0.878. The molecule has 1 aromatic rings. The van der Waals surface area contributed by atoms with Crippen molar-refractivity contribution in [1.29, 1.82) is 0 Å². The van der Waals surface area contributed by atoms with Crippen molar-refractivity contribution in [2.45, 2.75) is 83.1 Å². The van der Waals surface area contributed by atoms with Crippen LogP contribution >= 0.6 is 0 Å². The minimum atomic E-state index is -1.03. The van der Waals surface area contributed by atoms with Gasteiger partial charge in [-0.2, -0.15) is 0 Å². The lowest BCUT2D eigenvalue weighted by Crippen LogP contribution is -2.54. The zero-order chi connectivity index (χ0) is 38.4. The molecule has 2 aliphatic carbocycles. The van der Waals surface area contributed by atoms with Crippen molar-refractivity contribution in [2.75, 3.05) is 44.8 Å². The van der Waals surface area contributed by atoms with E-state index in [0.717, 1.165) is 11.3 Å². The van der Waals surface area contributed by atoms with E-state index in [4.69, 9.17) is 18.9 Å². The van der Waals surface area contributed by atoms with Gasteiger partial charge < -0.3 is 34.7 Å². The maximum absolute atomic E-state index is 13.2. The molecular weight excluding hydrogens is 700 g/mol. The van der Waals surface area contributed by atoms with Gasteiger partial charge in [-0.15, -0.1) is 0 Å². The van der Waals surface area contributed by atoms with Crippen molar-refractivity contribution in [3.63, 3.8) is 0 Å². The van der Waals surface area contributed by atoms with E-state index in [0.29, 0.717) is 44.7 Å². The molecule has 0 saturated carbocycles. The molecule has 0 spiro atoms. The molecule has 4 N–H and O–H groups in total. The molecule has 0 aromatic heterocycles. The number of alkyl carbamates (subject to hydrolysis) is 1. The van der Waals surface area contributed by atoms with Crippen LogP contribution in [0.3, 0.4) is 0 Å². The normalized spacial score (nSPS) is 29.2. The number of benzene rings is 1. The van der Waals surface area contributed by atoms with Crippen LogP contribution in [0.4, 0.5) is 10.5 Å². The van der Waals surface area contributed by atoms with Gasteiger partial charge in [-0.05, 0) is 61.1 Å². The Hall–Kier alpha value is -4.60. The number of hydrogen-bond acceptors (Lipinski definition) is 12. The molecule has 54 heavy (non-hydrogen) atoms. The van der Waals surface area contributed by atoms with Crippen molar-refractivity contribution in [1.82, 2.24) is 15.5 Å². The summed E-state index contributed by atoms with van der Waals surface area (Å²) in [6.07, 6.45) is 7.56. The third-order valence-corrected chi connectivity index (χ3v) is 10.8. The molecule has 3 heterocycles. The highest BCUT2D eigenvalue weighted by Crippen LogP contribution is 2.45. The molecule has 2 saturated heterocycles. The van der Waals surface area contributed by atoms with Gasteiger partial charge in [0.2, 0.25) is 11.8 Å². The first kappa shape index (κ1) is 39.1. The highest BCUT2D eigenvalue weighted by Gasteiger charge is 2.46. The second kappa shape index (κ2) is 17.7. The molecule has 3 aliphatic heterocycles.